The van der Waals surface area contributed by atoms with Gasteiger partial charge in [-0.1, -0.05) is 142 Å². The Morgan fingerprint density at radius 2 is 0.776 bits per heavy atom. The first-order valence-corrected chi connectivity index (χ1v) is 20.2. The molecule has 6 heteroatoms. The Hall–Kier alpha value is -6.92. The molecule has 10 aromatic rings. The van der Waals surface area contributed by atoms with Crippen LogP contribution in [0.2, 0.25) is 0 Å². The minimum absolute atomic E-state index is 0.212. The van der Waals surface area contributed by atoms with E-state index in [9.17, 15) is 0 Å². The number of para-hydroxylation sites is 4. The van der Waals surface area contributed by atoms with Gasteiger partial charge in [-0.2, -0.15) is 0 Å². The molecule has 0 fully saturated rings. The zero-order valence-corrected chi connectivity index (χ0v) is 33.5. The highest BCUT2D eigenvalue weighted by atomic mass is 15.1. The molecule has 0 aliphatic rings. The van der Waals surface area contributed by atoms with E-state index in [1.54, 1.807) is 0 Å². The molecule has 0 atom stereocenters. The monoisotopic (exact) mass is 752 g/mol. The Morgan fingerprint density at radius 1 is 0.448 bits per heavy atom. The van der Waals surface area contributed by atoms with Crippen molar-refractivity contribution in [3.8, 4) is 34.2 Å². The van der Waals surface area contributed by atoms with E-state index >= 15 is 0 Å². The van der Waals surface area contributed by atoms with E-state index < -0.39 is 0 Å². The van der Waals surface area contributed by atoms with Gasteiger partial charge in [-0.15, -0.1) is 0 Å². The summed E-state index contributed by atoms with van der Waals surface area (Å²) in [6.45, 7) is 10.9. The molecule has 0 aliphatic carbocycles. The van der Waals surface area contributed by atoms with Crippen LogP contribution in [0, 0.1) is 19.8 Å². The first kappa shape index (κ1) is 35.5. The van der Waals surface area contributed by atoms with Crippen LogP contribution >= 0.6 is 0 Å². The van der Waals surface area contributed by atoms with Crippen LogP contribution in [0.1, 0.15) is 50.0 Å². The smallest absolute Gasteiger partial charge is 0.141 e. The molecule has 4 heterocycles. The molecule has 282 valence electrons. The predicted octanol–water partition coefficient (Wildman–Crippen LogP) is 12.8. The van der Waals surface area contributed by atoms with Crippen LogP contribution in [0.5, 0.6) is 0 Å². The van der Waals surface area contributed by atoms with Crippen molar-refractivity contribution in [2.75, 3.05) is 0 Å². The SMILES string of the molecule is Cc1nc(-c2ccc(C(C)(CC(C)C)c3ccc(-c4cc(-n5c6ccccc6c6ccccc65)nc(C)n4)cc3)cc2)cc(-n2c3ccccc3c3ccccc32)n1. The molecule has 10 rings (SSSR count). The quantitative estimate of drug-likeness (QED) is 0.155. The van der Waals surface area contributed by atoms with E-state index in [2.05, 4.69) is 188 Å². The number of aryl methyl sites for hydroxylation is 2. The van der Waals surface area contributed by atoms with Crippen molar-refractivity contribution in [3.05, 3.63) is 181 Å². The van der Waals surface area contributed by atoms with Gasteiger partial charge in [0.1, 0.15) is 23.3 Å². The molecule has 0 bridgehead atoms. The molecular weight excluding hydrogens is 709 g/mol. The summed E-state index contributed by atoms with van der Waals surface area (Å²) in [5, 5.41) is 4.87. The van der Waals surface area contributed by atoms with E-state index in [-0.39, 0.29) is 5.41 Å². The van der Waals surface area contributed by atoms with E-state index in [1.165, 1.54) is 32.7 Å². The maximum absolute atomic E-state index is 4.95. The topological polar surface area (TPSA) is 61.4 Å². The minimum Gasteiger partial charge on any atom is -0.294 e. The first-order chi connectivity index (χ1) is 28.2. The molecule has 6 aromatic carbocycles. The normalized spacial score (nSPS) is 12.1. The van der Waals surface area contributed by atoms with Crippen molar-refractivity contribution in [2.24, 2.45) is 5.92 Å². The summed E-state index contributed by atoms with van der Waals surface area (Å²) in [5.74, 6) is 3.71. The van der Waals surface area contributed by atoms with Gasteiger partial charge in [-0.3, -0.25) is 9.13 Å². The van der Waals surface area contributed by atoms with Crippen LogP contribution in [0.4, 0.5) is 0 Å². The second-order valence-corrected chi connectivity index (χ2v) is 16.1. The predicted molar refractivity (Wildman–Crippen MR) is 239 cm³/mol. The van der Waals surface area contributed by atoms with Crippen LogP contribution in [-0.2, 0) is 5.41 Å². The molecule has 0 saturated heterocycles. The standard InChI is InChI=1S/C52H44N6/c1-33(2)32-52(5,38-26-22-36(23-27-38)44-30-50(55-34(3)53-44)57-46-18-10-6-14-40(46)41-15-7-11-19-47(41)57)39-28-24-37(25-29-39)45-31-51(56-35(4)54-45)58-48-20-12-8-16-42(48)43-17-9-13-21-49(43)58/h6-31,33H,32H2,1-5H3. The van der Waals surface area contributed by atoms with Gasteiger partial charge < -0.3 is 0 Å². The minimum atomic E-state index is -0.212. The average Bonchev–Trinajstić information content (AvgIpc) is 3.76. The van der Waals surface area contributed by atoms with Gasteiger partial charge in [0.15, 0.2) is 0 Å². The lowest BCUT2D eigenvalue weighted by molar-refractivity contribution is 0.427. The fourth-order valence-electron chi connectivity index (χ4n) is 9.20. The zero-order chi connectivity index (χ0) is 39.5. The summed E-state index contributed by atoms with van der Waals surface area (Å²) in [6, 6.07) is 56.4. The van der Waals surface area contributed by atoms with E-state index in [0.29, 0.717) is 5.92 Å². The average molecular weight is 753 g/mol. The highest BCUT2D eigenvalue weighted by molar-refractivity contribution is 6.10. The summed E-state index contributed by atoms with van der Waals surface area (Å²) in [5.41, 5.74) is 10.8. The lowest BCUT2D eigenvalue weighted by Gasteiger charge is -2.33. The van der Waals surface area contributed by atoms with Gasteiger partial charge in [-0.05, 0) is 61.6 Å². The fourth-order valence-corrected chi connectivity index (χ4v) is 9.20. The summed E-state index contributed by atoms with van der Waals surface area (Å²) < 4.78 is 4.52. The number of aromatic nitrogens is 6. The summed E-state index contributed by atoms with van der Waals surface area (Å²) >= 11 is 0. The van der Waals surface area contributed by atoms with E-state index in [0.717, 1.165) is 74.3 Å². The largest absolute Gasteiger partial charge is 0.294 e. The van der Waals surface area contributed by atoms with E-state index in [1.807, 2.05) is 13.8 Å². The third kappa shape index (κ3) is 5.95. The molecule has 0 spiro atoms. The van der Waals surface area contributed by atoms with Crippen molar-refractivity contribution in [1.29, 1.82) is 0 Å². The van der Waals surface area contributed by atoms with Crippen molar-refractivity contribution in [2.45, 2.75) is 46.5 Å². The van der Waals surface area contributed by atoms with Gasteiger partial charge in [-0.25, -0.2) is 19.9 Å². The zero-order valence-electron chi connectivity index (χ0n) is 33.5. The summed E-state index contributed by atoms with van der Waals surface area (Å²) in [6.07, 6.45) is 1.00. The summed E-state index contributed by atoms with van der Waals surface area (Å²) in [7, 11) is 0. The number of rotatable bonds is 8. The lowest BCUT2D eigenvalue weighted by atomic mass is 9.71. The maximum atomic E-state index is 4.95. The Balaban J connectivity index is 0.992. The second kappa shape index (κ2) is 13.9. The van der Waals surface area contributed by atoms with E-state index in [4.69, 9.17) is 19.9 Å². The Bertz CT molecular complexity index is 2840. The fraction of sp³-hybridized carbons (Fsp3) is 0.154. The molecule has 0 aliphatic heterocycles. The van der Waals surface area contributed by atoms with Gasteiger partial charge in [0.05, 0.1) is 33.5 Å². The van der Waals surface area contributed by atoms with Crippen LogP contribution < -0.4 is 0 Å². The molecule has 0 unspecified atom stereocenters. The molecule has 58 heavy (non-hydrogen) atoms. The number of nitrogens with zero attached hydrogens (tertiary/aromatic N) is 6. The Labute approximate surface area is 338 Å². The Morgan fingerprint density at radius 3 is 1.10 bits per heavy atom. The van der Waals surface area contributed by atoms with Crippen LogP contribution in [-0.4, -0.2) is 29.1 Å². The van der Waals surface area contributed by atoms with Crippen molar-refractivity contribution < 1.29 is 0 Å². The number of benzene rings is 6. The lowest BCUT2D eigenvalue weighted by Crippen LogP contribution is -2.25. The van der Waals surface area contributed by atoms with Gasteiger partial charge >= 0.3 is 0 Å². The highest BCUT2D eigenvalue weighted by Crippen LogP contribution is 2.40. The van der Waals surface area contributed by atoms with Crippen molar-refractivity contribution in [1.82, 2.24) is 29.1 Å². The number of hydrogen-bond donors (Lipinski definition) is 0. The van der Waals surface area contributed by atoms with Crippen LogP contribution in [0.25, 0.3) is 77.8 Å². The molecule has 4 aromatic heterocycles. The second-order valence-electron chi connectivity index (χ2n) is 16.1. The van der Waals surface area contributed by atoms with Crippen LogP contribution in [0.15, 0.2) is 158 Å². The van der Waals surface area contributed by atoms with Crippen molar-refractivity contribution in [3.63, 3.8) is 0 Å². The van der Waals surface area contributed by atoms with Gasteiger partial charge in [0.25, 0.3) is 0 Å². The van der Waals surface area contributed by atoms with Crippen molar-refractivity contribution >= 4 is 43.6 Å². The molecule has 0 amide bonds. The third-order valence-electron chi connectivity index (χ3n) is 11.7. The molecule has 0 radical (unpaired) electrons. The summed E-state index contributed by atoms with van der Waals surface area (Å²) in [4.78, 5) is 19.8. The first-order valence-electron chi connectivity index (χ1n) is 20.2. The maximum Gasteiger partial charge on any atom is 0.141 e. The van der Waals surface area contributed by atoms with Gasteiger partial charge in [0, 0.05) is 50.2 Å². The highest BCUT2D eigenvalue weighted by Gasteiger charge is 2.30. The van der Waals surface area contributed by atoms with Gasteiger partial charge in [0.2, 0.25) is 0 Å². The Kier molecular flexibility index (Phi) is 8.52. The molecule has 0 saturated carbocycles. The molecule has 0 N–H and O–H groups in total. The van der Waals surface area contributed by atoms with Crippen LogP contribution in [0.3, 0.4) is 0 Å². The number of hydrogen-bond acceptors (Lipinski definition) is 4. The third-order valence-corrected chi connectivity index (χ3v) is 11.7. The number of fused-ring (bicyclic) bond motifs is 6. The molecular formula is C52H44N6. The molecule has 6 nitrogen and oxygen atoms in total.